The zero-order valence-electron chi connectivity index (χ0n) is 21.9. The van der Waals surface area contributed by atoms with E-state index >= 15 is 4.39 Å². The zero-order chi connectivity index (χ0) is 29.6. The molecule has 2 rings (SSSR count). The van der Waals surface area contributed by atoms with Gasteiger partial charge in [0.25, 0.3) is 11.4 Å². The molecular weight excluding hydrogens is 554 g/mol. The molecule has 1 aromatic heterocycles. The lowest BCUT2D eigenvalue weighted by Crippen LogP contribution is -2.50. The summed E-state index contributed by atoms with van der Waals surface area (Å²) in [5.41, 5.74) is -4.34. The number of rotatable bonds is 13. The molecular formula is C21H32FN2O14P. The fourth-order valence-corrected chi connectivity index (χ4v) is 4.12. The van der Waals surface area contributed by atoms with E-state index in [1.54, 1.807) is 13.8 Å². The van der Waals surface area contributed by atoms with Crippen LogP contribution in [0.1, 0.15) is 47.3 Å². The Morgan fingerprint density at radius 3 is 2.36 bits per heavy atom. The molecule has 0 aromatic carbocycles. The molecule has 18 heteroatoms. The molecule has 39 heavy (non-hydrogen) atoms. The number of hydrogen-bond donors (Lipinski definition) is 3. The molecule has 5 atom stereocenters. The van der Waals surface area contributed by atoms with Crippen LogP contribution >= 0.6 is 7.82 Å². The van der Waals surface area contributed by atoms with Gasteiger partial charge in [-0.15, -0.1) is 0 Å². The lowest BCUT2D eigenvalue weighted by Gasteiger charge is -2.28. The first-order chi connectivity index (χ1) is 18.0. The van der Waals surface area contributed by atoms with Crippen molar-refractivity contribution in [3.8, 4) is 0 Å². The number of hydrogen-bond acceptors (Lipinski definition) is 14. The van der Waals surface area contributed by atoms with E-state index in [4.69, 9.17) is 27.8 Å². The SMILES string of the molecule is CC(C)CC(=O)OCOP(=O)(OCOC(=O)OC(C)C)OC[C@@]1(F)O[C@@H](n2ccc(=O)[nH]c2=O)[C@](C)(O)[C@@H]1O. The third-order valence-electron chi connectivity index (χ3n) is 5.02. The second-order valence-corrected chi connectivity index (χ2v) is 11.0. The maximum atomic E-state index is 15.7. The highest BCUT2D eigenvalue weighted by molar-refractivity contribution is 7.48. The van der Waals surface area contributed by atoms with Crippen molar-refractivity contribution >= 4 is 19.9 Å². The summed E-state index contributed by atoms with van der Waals surface area (Å²) in [5.74, 6) is -4.12. The molecule has 0 spiro atoms. The van der Waals surface area contributed by atoms with Crippen molar-refractivity contribution in [1.82, 2.24) is 9.55 Å². The van der Waals surface area contributed by atoms with Crippen molar-refractivity contribution in [3.63, 3.8) is 0 Å². The van der Waals surface area contributed by atoms with Crippen LogP contribution in [0.15, 0.2) is 21.9 Å². The number of phosphoric acid groups is 1. The minimum atomic E-state index is -4.91. The van der Waals surface area contributed by atoms with Gasteiger partial charge in [0, 0.05) is 18.7 Å². The number of nitrogens with zero attached hydrogens (tertiary/aromatic N) is 1. The summed E-state index contributed by atoms with van der Waals surface area (Å²) in [4.78, 5) is 48.6. The van der Waals surface area contributed by atoms with E-state index in [0.29, 0.717) is 4.57 Å². The standard InChI is InChI=1S/C21H32FN2O14P/c1-12(2)8-15(26)32-10-35-39(31,36-11-33-19(29)37-13(3)4)34-9-21(22)16(27)20(5,30)17(38-21)24-7-6-14(25)23-18(24)28/h6-7,12-13,16-17,27,30H,8-11H2,1-5H3,(H,23,25,28)/t16-,17+,20+,21+,39?/m0/s1. The number of carbonyl (C=O) groups is 2. The predicted octanol–water partition coefficient (Wildman–Crippen LogP) is 1.07. The second kappa shape index (κ2) is 13.1. The molecule has 0 radical (unpaired) electrons. The highest BCUT2D eigenvalue weighted by Crippen LogP contribution is 2.52. The lowest BCUT2D eigenvalue weighted by atomic mass is 9.95. The molecule has 2 heterocycles. The maximum Gasteiger partial charge on any atom is 0.510 e. The van der Waals surface area contributed by atoms with Gasteiger partial charge in [-0.25, -0.2) is 27.6 Å². The third kappa shape index (κ3) is 8.93. The summed E-state index contributed by atoms with van der Waals surface area (Å²) in [5, 5.41) is 21.2. The van der Waals surface area contributed by atoms with Crippen LogP contribution in [0.2, 0.25) is 0 Å². The Morgan fingerprint density at radius 1 is 1.18 bits per heavy atom. The number of H-pyrrole nitrogens is 1. The first-order valence-electron chi connectivity index (χ1n) is 11.6. The van der Waals surface area contributed by atoms with E-state index in [0.717, 1.165) is 19.2 Å². The molecule has 222 valence electrons. The zero-order valence-corrected chi connectivity index (χ0v) is 22.8. The number of phosphoric ester groups is 1. The molecule has 1 saturated heterocycles. The molecule has 1 aliphatic rings. The van der Waals surface area contributed by atoms with Crippen LogP contribution in [0, 0.1) is 5.92 Å². The topological polar surface area (TPSA) is 211 Å². The van der Waals surface area contributed by atoms with Gasteiger partial charge in [-0.3, -0.25) is 23.7 Å². The number of aliphatic hydroxyl groups is 2. The molecule has 1 unspecified atom stereocenters. The van der Waals surface area contributed by atoms with Gasteiger partial charge in [-0.05, 0) is 26.7 Å². The molecule has 1 fully saturated rings. The van der Waals surface area contributed by atoms with E-state index in [9.17, 15) is 34.0 Å². The Balaban J connectivity index is 2.17. The van der Waals surface area contributed by atoms with Gasteiger partial charge in [0.2, 0.25) is 13.6 Å². The van der Waals surface area contributed by atoms with E-state index < -0.39 is 81.3 Å². The molecule has 1 aliphatic heterocycles. The van der Waals surface area contributed by atoms with Gasteiger partial charge in [0.05, 0.1) is 6.10 Å². The Hall–Kier alpha value is -2.66. The van der Waals surface area contributed by atoms with Crippen LogP contribution in [0.4, 0.5) is 9.18 Å². The second-order valence-electron chi connectivity index (χ2n) is 9.29. The fraction of sp³-hybridized carbons (Fsp3) is 0.714. The Morgan fingerprint density at radius 2 is 1.79 bits per heavy atom. The van der Waals surface area contributed by atoms with Crippen molar-refractivity contribution in [1.29, 1.82) is 0 Å². The Bertz CT molecular complexity index is 1140. The van der Waals surface area contributed by atoms with Crippen LogP contribution in [0.3, 0.4) is 0 Å². The number of halogens is 1. The van der Waals surface area contributed by atoms with E-state index in [1.165, 1.54) is 13.8 Å². The van der Waals surface area contributed by atoms with Crippen LogP contribution in [-0.4, -0.2) is 75.7 Å². The smallest absolute Gasteiger partial charge is 0.438 e. The fourth-order valence-electron chi connectivity index (χ4n) is 3.20. The average Bonchev–Trinajstić information content (AvgIpc) is 2.97. The van der Waals surface area contributed by atoms with Crippen molar-refractivity contribution in [3.05, 3.63) is 33.1 Å². The van der Waals surface area contributed by atoms with Gasteiger partial charge < -0.3 is 29.2 Å². The van der Waals surface area contributed by atoms with E-state index in [1.807, 2.05) is 4.98 Å². The van der Waals surface area contributed by atoms with Crippen molar-refractivity contribution in [2.24, 2.45) is 5.92 Å². The van der Waals surface area contributed by atoms with Crippen molar-refractivity contribution < 1.29 is 61.3 Å². The van der Waals surface area contributed by atoms with Crippen LogP contribution in [0.25, 0.3) is 0 Å². The molecule has 1 aromatic rings. The lowest BCUT2D eigenvalue weighted by molar-refractivity contribution is -0.207. The molecule has 0 aliphatic carbocycles. The van der Waals surface area contributed by atoms with Gasteiger partial charge in [0.1, 0.15) is 18.3 Å². The highest BCUT2D eigenvalue weighted by Gasteiger charge is 2.63. The molecule has 0 saturated carbocycles. The first kappa shape index (κ1) is 32.6. The van der Waals surface area contributed by atoms with E-state index in [-0.39, 0.29) is 12.3 Å². The summed E-state index contributed by atoms with van der Waals surface area (Å²) < 4.78 is 63.1. The number of aromatic amines is 1. The summed E-state index contributed by atoms with van der Waals surface area (Å²) in [6, 6.07) is 0.892. The number of ether oxygens (including phenoxy) is 4. The highest BCUT2D eigenvalue weighted by atomic mass is 31.2. The molecule has 0 amide bonds. The van der Waals surface area contributed by atoms with Crippen LogP contribution < -0.4 is 11.2 Å². The van der Waals surface area contributed by atoms with Gasteiger partial charge in [-0.2, -0.15) is 0 Å². The Labute approximate surface area is 221 Å². The number of aromatic nitrogens is 2. The molecule has 16 nitrogen and oxygen atoms in total. The predicted molar refractivity (Wildman–Crippen MR) is 126 cm³/mol. The van der Waals surface area contributed by atoms with Crippen LogP contribution in [-0.2, 0) is 41.9 Å². The van der Waals surface area contributed by atoms with E-state index in [2.05, 4.69) is 4.74 Å². The van der Waals surface area contributed by atoms with Gasteiger partial charge in [0.15, 0.2) is 6.23 Å². The van der Waals surface area contributed by atoms with Gasteiger partial charge >= 0.3 is 25.6 Å². The summed E-state index contributed by atoms with van der Waals surface area (Å²) >= 11 is 0. The molecule has 3 N–H and O–H groups in total. The number of carbonyl (C=O) groups excluding carboxylic acids is 2. The monoisotopic (exact) mass is 586 g/mol. The average molecular weight is 586 g/mol. The third-order valence-corrected chi connectivity index (χ3v) is 6.31. The number of nitrogens with one attached hydrogen (secondary N) is 1. The summed E-state index contributed by atoms with van der Waals surface area (Å²) in [6.07, 6.45) is -5.15. The largest absolute Gasteiger partial charge is 0.510 e. The minimum Gasteiger partial charge on any atom is -0.438 e. The number of aliphatic hydroxyl groups excluding tert-OH is 1. The Kier molecular flexibility index (Phi) is 11.0. The first-order valence-corrected chi connectivity index (χ1v) is 13.1. The van der Waals surface area contributed by atoms with Gasteiger partial charge in [-0.1, -0.05) is 13.8 Å². The summed E-state index contributed by atoms with van der Waals surface area (Å²) in [6.45, 7) is 4.01. The van der Waals surface area contributed by atoms with Crippen molar-refractivity contribution in [2.45, 2.75) is 70.9 Å². The maximum absolute atomic E-state index is 15.7. The minimum absolute atomic E-state index is 0.00621. The normalized spacial score (nSPS) is 26.4. The number of esters is 1. The van der Waals surface area contributed by atoms with Crippen molar-refractivity contribution in [2.75, 3.05) is 20.2 Å². The summed E-state index contributed by atoms with van der Waals surface area (Å²) in [7, 11) is -4.91. The quantitative estimate of drug-likeness (QED) is 0.168. The van der Waals surface area contributed by atoms with Crippen LogP contribution in [0.5, 0.6) is 0 Å². The number of alkyl halides is 1. The molecule has 0 bridgehead atoms.